The third-order valence-corrected chi connectivity index (χ3v) is 8.78. The van der Waals surface area contributed by atoms with Gasteiger partial charge in [-0.15, -0.1) is 0 Å². The minimum Gasteiger partial charge on any atom is -0.487 e. The fraction of sp³-hybridized carbons (Fsp3) is 0.278. The van der Waals surface area contributed by atoms with Crippen LogP contribution < -0.4 is 4.74 Å². The van der Waals surface area contributed by atoms with Crippen LogP contribution in [0.4, 0.5) is 0 Å². The van der Waals surface area contributed by atoms with Crippen molar-refractivity contribution in [3.63, 3.8) is 0 Å². The molecule has 4 nitrogen and oxygen atoms in total. The highest BCUT2D eigenvalue weighted by Gasteiger charge is 2.32. The van der Waals surface area contributed by atoms with E-state index in [1.165, 1.54) is 33.3 Å². The van der Waals surface area contributed by atoms with E-state index in [9.17, 15) is 0 Å². The lowest BCUT2D eigenvalue weighted by molar-refractivity contribution is 0.0814. The molecule has 210 valence electrons. The highest BCUT2D eigenvalue weighted by Crippen LogP contribution is 2.37. The molecule has 0 N–H and O–H groups in total. The minimum absolute atomic E-state index is 0.360. The molecule has 0 bridgehead atoms. The summed E-state index contributed by atoms with van der Waals surface area (Å²) < 4.78 is 8.90. The number of aromatic nitrogens is 1. The monoisotopic (exact) mass is 563 g/mol. The number of ether oxygens (including phenoxy) is 1. The summed E-state index contributed by atoms with van der Waals surface area (Å²) in [5.41, 5.74) is 6.51. The van der Waals surface area contributed by atoms with Crippen molar-refractivity contribution in [3.05, 3.63) is 137 Å². The summed E-state index contributed by atoms with van der Waals surface area (Å²) in [5.74, 6) is 0.825. The van der Waals surface area contributed by atoms with Gasteiger partial charge in [0.2, 0.25) is 0 Å². The molecule has 0 saturated carbocycles. The molecule has 5 aromatic rings. The molecule has 0 radical (unpaired) electrons. The minimum atomic E-state index is 0.360. The van der Waals surface area contributed by atoms with Crippen molar-refractivity contribution < 1.29 is 4.74 Å². The molecule has 0 spiro atoms. The zero-order valence-electron chi connectivity index (χ0n) is 23.9. The molecular weight excluding hydrogens is 526 g/mol. The van der Waals surface area contributed by atoms with Crippen LogP contribution in [0.3, 0.4) is 0 Å². The maximum absolute atomic E-state index is 6.44. The number of rotatable bonds is 9. The van der Waals surface area contributed by atoms with Gasteiger partial charge in [-0.25, -0.2) is 0 Å². The molecule has 1 saturated heterocycles. The molecule has 2 unspecified atom stereocenters. The second-order valence-electron chi connectivity index (χ2n) is 11.3. The van der Waals surface area contributed by atoms with E-state index < -0.39 is 0 Å². The summed E-state index contributed by atoms with van der Waals surface area (Å²) >= 11 is 6.16. The van der Waals surface area contributed by atoms with Crippen LogP contribution >= 0.6 is 11.6 Å². The topological polar surface area (TPSA) is 20.6 Å². The molecule has 0 aliphatic carbocycles. The molecule has 1 aromatic heterocycles. The fourth-order valence-corrected chi connectivity index (χ4v) is 6.40. The number of halogens is 1. The van der Waals surface area contributed by atoms with E-state index in [-0.39, 0.29) is 0 Å². The first kappa shape index (κ1) is 27.6. The standard InChI is InChI=1S/C36H38ClN3O/c1-38(2)30-21-22-39(35(23-30)28-13-7-4-8-14-28)25-33-32-15-9-10-16-34(32)40(24-27-11-5-3-6-12-27)36(33)26-41-31-19-17-29(37)18-20-31/h3-20,30,35H,21-26H2,1-2H3. The van der Waals surface area contributed by atoms with Gasteiger partial charge in [0.25, 0.3) is 0 Å². The fourth-order valence-electron chi connectivity index (χ4n) is 6.28. The Balaban J connectivity index is 1.41. The number of piperidine rings is 1. The summed E-state index contributed by atoms with van der Waals surface area (Å²) in [6, 6.07) is 39.2. The maximum atomic E-state index is 6.44. The number of hydrogen-bond donors (Lipinski definition) is 0. The first-order valence-electron chi connectivity index (χ1n) is 14.5. The Labute approximate surface area is 248 Å². The van der Waals surface area contributed by atoms with Gasteiger partial charge in [-0.1, -0.05) is 90.5 Å². The summed E-state index contributed by atoms with van der Waals surface area (Å²) in [5, 5.41) is 2.02. The molecule has 41 heavy (non-hydrogen) atoms. The summed E-state index contributed by atoms with van der Waals surface area (Å²) in [6.07, 6.45) is 2.28. The SMILES string of the molecule is CN(C)C1CCN(Cc2c(COc3ccc(Cl)cc3)n(Cc3ccccc3)c3ccccc23)C(c2ccccc2)C1. The Morgan fingerprint density at radius 1 is 0.805 bits per heavy atom. The largest absolute Gasteiger partial charge is 0.487 e. The van der Waals surface area contributed by atoms with Gasteiger partial charge >= 0.3 is 0 Å². The second kappa shape index (κ2) is 12.5. The number of fused-ring (bicyclic) bond motifs is 1. The Morgan fingerprint density at radius 2 is 1.49 bits per heavy atom. The van der Waals surface area contributed by atoms with E-state index in [1.807, 2.05) is 24.3 Å². The summed E-state index contributed by atoms with van der Waals surface area (Å²) in [4.78, 5) is 5.08. The second-order valence-corrected chi connectivity index (χ2v) is 11.7. The lowest BCUT2D eigenvalue weighted by Crippen LogP contribution is -2.43. The van der Waals surface area contributed by atoms with E-state index in [0.717, 1.165) is 38.2 Å². The van der Waals surface area contributed by atoms with Gasteiger partial charge < -0.3 is 14.2 Å². The zero-order chi connectivity index (χ0) is 28.2. The van der Waals surface area contributed by atoms with E-state index in [0.29, 0.717) is 23.7 Å². The molecule has 1 aliphatic heterocycles. The molecule has 2 atom stereocenters. The number of benzene rings is 4. The van der Waals surface area contributed by atoms with Gasteiger partial charge in [0.05, 0.1) is 5.69 Å². The van der Waals surface area contributed by atoms with Gasteiger partial charge in [0.1, 0.15) is 12.4 Å². The smallest absolute Gasteiger partial charge is 0.129 e. The molecule has 1 aliphatic rings. The van der Waals surface area contributed by atoms with Crippen LogP contribution in [0.25, 0.3) is 10.9 Å². The number of para-hydroxylation sites is 1. The van der Waals surface area contributed by atoms with Crippen LogP contribution in [0.15, 0.2) is 109 Å². The molecule has 0 amide bonds. The lowest BCUT2D eigenvalue weighted by atomic mass is 9.90. The Kier molecular flexibility index (Phi) is 8.43. The van der Waals surface area contributed by atoms with Crippen LogP contribution in [0.1, 0.15) is 41.3 Å². The molecular formula is C36H38ClN3O. The van der Waals surface area contributed by atoms with Gasteiger partial charge in [-0.3, -0.25) is 4.90 Å². The van der Waals surface area contributed by atoms with Crippen molar-refractivity contribution in [3.8, 4) is 5.75 Å². The highest BCUT2D eigenvalue weighted by molar-refractivity contribution is 6.30. The quantitative estimate of drug-likeness (QED) is 0.180. The first-order chi connectivity index (χ1) is 20.1. The van der Waals surface area contributed by atoms with Gasteiger partial charge in [0, 0.05) is 47.6 Å². The molecule has 2 heterocycles. The van der Waals surface area contributed by atoms with E-state index in [1.54, 1.807) is 0 Å². The van der Waals surface area contributed by atoms with Crippen LogP contribution in [0.5, 0.6) is 5.75 Å². The predicted octanol–water partition coefficient (Wildman–Crippen LogP) is 8.19. The van der Waals surface area contributed by atoms with E-state index >= 15 is 0 Å². The van der Waals surface area contributed by atoms with Crippen LogP contribution in [0.2, 0.25) is 5.02 Å². The van der Waals surface area contributed by atoms with Crippen LogP contribution in [-0.2, 0) is 19.7 Å². The van der Waals surface area contributed by atoms with Crippen LogP contribution in [0, 0.1) is 0 Å². The van der Waals surface area contributed by atoms with Crippen molar-refractivity contribution in [1.82, 2.24) is 14.4 Å². The van der Waals surface area contributed by atoms with Crippen LogP contribution in [-0.4, -0.2) is 41.0 Å². The van der Waals surface area contributed by atoms with Crippen molar-refractivity contribution in [1.29, 1.82) is 0 Å². The number of likely N-dealkylation sites (tertiary alicyclic amines) is 1. The average molecular weight is 564 g/mol. The molecule has 4 aromatic carbocycles. The number of hydrogen-bond acceptors (Lipinski definition) is 3. The molecule has 6 rings (SSSR count). The Hall–Kier alpha value is -3.57. The maximum Gasteiger partial charge on any atom is 0.129 e. The van der Waals surface area contributed by atoms with Gasteiger partial charge in [-0.05, 0) is 74.0 Å². The third-order valence-electron chi connectivity index (χ3n) is 8.53. The Morgan fingerprint density at radius 3 is 2.22 bits per heavy atom. The van der Waals surface area contributed by atoms with E-state index in [2.05, 4.69) is 113 Å². The first-order valence-corrected chi connectivity index (χ1v) is 14.9. The Bertz CT molecular complexity index is 1560. The van der Waals surface area contributed by atoms with Crippen molar-refractivity contribution in [2.24, 2.45) is 0 Å². The zero-order valence-corrected chi connectivity index (χ0v) is 24.7. The van der Waals surface area contributed by atoms with Gasteiger partial charge in [-0.2, -0.15) is 0 Å². The highest BCUT2D eigenvalue weighted by atomic mass is 35.5. The molecule has 5 heteroatoms. The van der Waals surface area contributed by atoms with Crippen molar-refractivity contribution >= 4 is 22.5 Å². The van der Waals surface area contributed by atoms with Crippen molar-refractivity contribution in [2.75, 3.05) is 20.6 Å². The predicted molar refractivity (Wildman–Crippen MR) is 170 cm³/mol. The summed E-state index contributed by atoms with van der Waals surface area (Å²) in [6.45, 7) is 3.22. The summed E-state index contributed by atoms with van der Waals surface area (Å²) in [7, 11) is 4.43. The van der Waals surface area contributed by atoms with E-state index in [4.69, 9.17) is 16.3 Å². The third kappa shape index (κ3) is 6.20. The van der Waals surface area contributed by atoms with Gasteiger partial charge in [0.15, 0.2) is 0 Å². The normalized spacial score (nSPS) is 17.8. The molecule has 1 fully saturated rings. The average Bonchev–Trinajstić information content (AvgIpc) is 3.29. The lowest BCUT2D eigenvalue weighted by Gasteiger charge is -2.42. The number of nitrogens with zero attached hydrogens (tertiary/aromatic N) is 3. The van der Waals surface area contributed by atoms with Crippen molar-refractivity contribution in [2.45, 2.75) is 44.6 Å².